The number of fused-ring (bicyclic) bond motifs is 1. The SMILES string of the molecule is C/C(=N/O)c1ccc(N2C(=O)c3ccccc3C2=O)cc1. The fourth-order valence-corrected chi connectivity index (χ4v) is 2.33. The van der Waals surface area contributed by atoms with Crippen LogP contribution >= 0.6 is 0 Å². The van der Waals surface area contributed by atoms with Crippen molar-refractivity contribution < 1.29 is 14.8 Å². The van der Waals surface area contributed by atoms with Crippen molar-refractivity contribution >= 4 is 23.2 Å². The van der Waals surface area contributed by atoms with E-state index in [9.17, 15) is 9.59 Å². The Morgan fingerprint density at radius 1 is 0.952 bits per heavy atom. The van der Waals surface area contributed by atoms with E-state index in [4.69, 9.17) is 5.21 Å². The predicted octanol–water partition coefficient (Wildman–Crippen LogP) is 2.69. The highest BCUT2D eigenvalue weighted by Crippen LogP contribution is 2.28. The van der Waals surface area contributed by atoms with Crippen LogP contribution in [0.15, 0.2) is 53.7 Å². The van der Waals surface area contributed by atoms with Gasteiger partial charge in [-0.25, -0.2) is 4.90 Å². The molecule has 1 heterocycles. The number of anilines is 1. The quantitative estimate of drug-likeness (QED) is 0.398. The van der Waals surface area contributed by atoms with Gasteiger partial charge in [0.25, 0.3) is 11.8 Å². The summed E-state index contributed by atoms with van der Waals surface area (Å²) in [6.07, 6.45) is 0. The molecule has 5 heteroatoms. The molecule has 3 rings (SSSR count). The Morgan fingerprint density at radius 3 is 1.95 bits per heavy atom. The van der Waals surface area contributed by atoms with Crippen LogP contribution in [-0.4, -0.2) is 22.7 Å². The van der Waals surface area contributed by atoms with Crippen LogP contribution in [-0.2, 0) is 0 Å². The molecule has 0 fully saturated rings. The monoisotopic (exact) mass is 280 g/mol. The third-order valence-corrected chi connectivity index (χ3v) is 3.49. The van der Waals surface area contributed by atoms with Gasteiger partial charge in [-0.1, -0.05) is 29.4 Å². The molecular weight excluding hydrogens is 268 g/mol. The van der Waals surface area contributed by atoms with Crippen LogP contribution in [0.25, 0.3) is 0 Å². The van der Waals surface area contributed by atoms with Crippen molar-refractivity contribution in [2.75, 3.05) is 4.90 Å². The Morgan fingerprint density at radius 2 is 1.48 bits per heavy atom. The molecule has 0 saturated carbocycles. The summed E-state index contributed by atoms with van der Waals surface area (Å²) in [5.74, 6) is -0.646. The molecule has 0 aromatic heterocycles. The van der Waals surface area contributed by atoms with Crippen LogP contribution in [0.1, 0.15) is 33.2 Å². The Labute approximate surface area is 121 Å². The molecule has 1 N–H and O–H groups in total. The second kappa shape index (κ2) is 4.86. The first-order valence-electron chi connectivity index (χ1n) is 6.40. The van der Waals surface area contributed by atoms with Crippen molar-refractivity contribution in [2.45, 2.75) is 6.92 Å². The molecule has 0 spiro atoms. The predicted molar refractivity (Wildman–Crippen MR) is 78.0 cm³/mol. The number of rotatable bonds is 2. The van der Waals surface area contributed by atoms with Crippen molar-refractivity contribution in [3.63, 3.8) is 0 Å². The van der Waals surface area contributed by atoms with Crippen LogP contribution in [0.4, 0.5) is 5.69 Å². The first-order chi connectivity index (χ1) is 10.1. The molecule has 0 saturated heterocycles. The zero-order chi connectivity index (χ0) is 15.0. The number of nitrogens with zero attached hydrogens (tertiary/aromatic N) is 2. The van der Waals surface area contributed by atoms with Crippen molar-refractivity contribution in [2.24, 2.45) is 5.16 Å². The van der Waals surface area contributed by atoms with Crippen molar-refractivity contribution in [1.82, 2.24) is 0 Å². The van der Waals surface area contributed by atoms with E-state index in [1.54, 1.807) is 55.5 Å². The average Bonchev–Trinajstić information content (AvgIpc) is 2.79. The lowest BCUT2D eigenvalue weighted by Gasteiger charge is -2.14. The van der Waals surface area contributed by atoms with E-state index in [-0.39, 0.29) is 11.8 Å². The maximum Gasteiger partial charge on any atom is 0.266 e. The largest absolute Gasteiger partial charge is 0.411 e. The van der Waals surface area contributed by atoms with E-state index in [1.165, 1.54) is 0 Å². The standard InChI is InChI=1S/C16H12N2O3/c1-10(17-21)11-6-8-12(9-7-11)18-15(19)13-4-2-3-5-14(13)16(18)20/h2-9,21H,1H3/b17-10-. The molecule has 2 aromatic carbocycles. The van der Waals surface area contributed by atoms with E-state index in [1.807, 2.05) is 0 Å². The fourth-order valence-electron chi connectivity index (χ4n) is 2.33. The summed E-state index contributed by atoms with van der Waals surface area (Å²) >= 11 is 0. The lowest BCUT2D eigenvalue weighted by Crippen LogP contribution is -2.29. The first kappa shape index (κ1) is 13.1. The second-order valence-electron chi connectivity index (χ2n) is 4.72. The molecule has 0 bridgehead atoms. The van der Waals surface area contributed by atoms with Crippen LogP contribution in [0.2, 0.25) is 0 Å². The topological polar surface area (TPSA) is 70.0 Å². The number of hydrogen-bond acceptors (Lipinski definition) is 4. The van der Waals surface area contributed by atoms with Gasteiger partial charge in [-0.15, -0.1) is 0 Å². The summed E-state index contributed by atoms with van der Waals surface area (Å²) < 4.78 is 0. The van der Waals surface area contributed by atoms with E-state index >= 15 is 0 Å². The highest BCUT2D eigenvalue weighted by Gasteiger charge is 2.36. The van der Waals surface area contributed by atoms with Gasteiger partial charge in [0.05, 0.1) is 22.5 Å². The number of imide groups is 1. The number of carbonyl (C=O) groups is 2. The van der Waals surface area contributed by atoms with Gasteiger partial charge < -0.3 is 5.21 Å². The molecule has 104 valence electrons. The van der Waals surface area contributed by atoms with E-state index < -0.39 is 0 Å². The van der Waals surface area contributed by atoms with E-state index in [0.29, 0.717) is 22.5 Å². The van der Waals surface area contributed by atoms with E-state index in [2.05, 4.69) is 5.16 Å². The minimum absolute atomic E-state index is 0.323. The summed E-state index contributed by atoms with van der Waals surface area (Å²) in [6.45, 7) is 1.66. The molecule has 5 nitrogen and oxygen atoms in total. The molecule has 0 radical (unpaired) electrons. The van der Waals surface area contributed by atoms with Gasteiger partial charge in [0.15, 0.2) is 0 Å². The summed E-state index contributed by atoms with van der Waals surface area (Å²) in [5, 5.41) is 11.9. The summed E-state index contributed by atoms with van der Waals surface area (Å²) in [6, 6.07) is 13.5. The molecule has 0 atom stereocenters. The molecule has 1 aliphatic heterocycles. The van der Waals surface area contributed by atoms with Gasteiger partial charge in [-0.3, -0.25) is 9.59 Å². The third-order valence-electron chi connectivity index (χ3n) is 3.49. The molecule has 21 heavy (non-hydrogen) atoms. The Hall–Kier alpha value is -2.95. The maximum absolute atomic E-state index is 12.3. The zero-order valence-corrected chi connectivity index (χ0v) is 11.3. The Kier molecular flexibility index (Phi) is 3.02. The van der Waals surface area contributed by atoms with Gasteiger partial charge in [-0.05, 0) is 36.8 Å². The van der Waals surface area contributed by atoms with Gasteiger partial charge in [0.1, 0.15) is 0 Å². The minimum atomic E-state index is -0.323. The molecular formula is C16H12N2O3. The van der Waals surface area contributed by atoms with Crippen LogP contribution in [0, 0.1) is 0 Å². The highest BCUT2D eigenvalue weighted by molar-refractivity contribution is 6.34. The van der Waals surface area contributed by atoms with Crippen molar-refractivity contribution in [3.05, 3.63) is 65.2 Å². The first-order valence-corrected chi connectivity index (χ1v) is 6.40. The fraction of sp³-hybridized carbons (Fsp3) is 0.0625. The Bertz CT molecular complexity index is 728. The third kappa shape index (κ3) is 1.99. The number of hydrogen-bond donors (Lipinski definition) is 1. The highest BCUT2D eigenvalue weighted by atomic mass is 16.4. The molecule has 1 aliphatic rings. The number of benzene rings is 2. The van der Waals surface area contributed by atoms with Crippen LogP contribution in [0.3, 0.4) is 0 Å². The molecule has 0 aliphatic carbocycles. The smallest absolute Gasteiger partial charge is 0.266 e. The second-order valence-corrected chi connectivity index (χ2v) is 4.72. The van der Waals surface area contributed by atoms with Gasteiger partial charge in [0.2, 0.25) is 0 Å². The van der Waals surface area contributed by atoms with E-state index in [0.717, 1.165) is 10.5 Å². The van der Waals surface area contributed by atoms with Crippen molar-refractivity contribution in [3.8, 4) is 0 Å². The van der Waals surface area contributed by atoms with Crippen LogP contribution < -0.4 is 4.90 Å². The van der Waals surface area contributed by atoms with Crippen LogP contribution in [0.5, 0.6) is 0 Å². The average molecular weight is 280 g/mol. The van der Waals surface area contributed by atoms with Gasteiger partial charge >= 0.3 is 0 Å². The van der Waals surface area contributed by atoms with Crippen molar-refractivity contribution in [1.29, 1.82) is 0 Å². The zero-order valence-electron chi connectivity index (χ0n) is 11.3. The van der Waals surface area contributed by atoms with Gasteiger partial charge in [-0.2, -0.15) is 0 Å². The summed E-state index contributed by atoms with van der Waals surface area (Å²) in [7, 11) is 0. The molecule has 0 unspecified atom stereocenters. The number of oxime groups is 1. The summed E-state index contributed by atoms with van der Waals surface area (Å²) in [5.41, 5.74) is 2.51. The lowest BCUT2D eigenvalue weighted by molar-refractivity contribution is 0.0926. The normalized spacial score (nSPS) is 14.5. The molecule has 2 amide bonds. The molecule has 2 aromatic rings. The Balaban J connectivity index is 1.99. The minimum Gasteiger partial charge on any atom is -0.411 e. The number of carbonyl (C=O) groups excluding carboxylic acids is 2. The maximum atomic E-state index is 12.3. The lowest BCUT2D eigenvalue weighted by atomic mass is 10.1. The van der Waals surface area contributed by atoms with Gasteiger partial charge in [0, 0.05) is 0 Å². The number of amides is 2. The summed E-state index contributed by atoms with van der Waals surface area (Å²) in [4.78, 5) is 25.8.